The van der Waals surface area contributed by atoms with Crippen molar-refractivity contribution in [2.24, 2.45) is 7.05 Å². The Morgan fingerprint density at radius 2 is 1.76 bits per heavy atom. The SMILES string of the molecule is COc1cc(OC)c(Cl)c(-c2cc3cnc(NC(C)C)cc3n(C3CCN(C(=O)/C=C/C[N+](C)(C)Cc4c([N+](=O)[O-])ncn4C)CC3)c2=O)c1Cl. The zero-order valence-electron chi connectivity index (χ0n) is 29.8. The number of methoxy groups -OCH3 is 2. The summed E-state index contributed by atoms with van der Waals surface area (Å²) >= 11 is 13.6. The molecule has 0 aliphatic carbocycles. The van der Waals surface area contributed by atoms with Crippen molar-refractivity contribution in [3.05, 3.63) is 79.1 Å². The van der Waals surface area contributed by atoms with Crippen molar-refractivity contribution in [2.75, 3.05) is 53.3 Å². The lowest BCUT2D eigenvalue weighted by Gasteiger charge is -2.33. The predicted molar refractivity (Wildman–Crippen MR) is 198 cm³/mol. The van der Waals surface area contributed by atoms with Crippen molar-refractivity contribution < 1.29 is 23.7 Å². The molecule has 1 aromatic carbocycles. The molecule has 4 aromatic rings. The molecular formula is C35H43Cl2N8O6+. The molecule has 4 heterocycles. The number of likely N-dealkylation sites (tertiary alicyclic amines) is 1. The van der Waals surface area contributed by atoms with E-state index in [4.69, 9.17) is 32.7 Å². The molecule has 1 aliphatic heterocycles. The van der Waals surface area contributed by atoms with E-state index in [1.165, 1.54) is 20.5 Å². The van der Waals surface area contributed by atoms with Crippen LogP contribution >= 0.6 is 23.2 Å². The van der Waals surface area contributed by atoms with Gasteiger partial charge in [-0.15, -0.1) is 0 Å². The van der Waals surface area contributed by atoms with Gasteiger partial charge in [-0.2, -0.15) is 0 Å². The molecule has 1 aliphatic rings. The number of piperidine rings is 1. The largest absolute Gasteiger partial charge is 0.495 e. The lowest BCUT2D eigenvalue weighted by molar-refractivity contribution is -0.898. The Kier molecular flexibility index (Phi) is 11.3. The Bertz CT molecular complexity index is 2020. The maximum absolute atomic E-state index is 14.6. The van der Waals surface area contributed by atoms with E-state index in [0.29, 0.717) is 83.0 Å². The summed E-state index contributed by atoms with van der Waals surface area (Å²) in [5.74, 6) is 0.958. The third-order valence-electron chi connectivity index (χ3n) is 8.99. The van der Waals surface area contributed by atoms with Gasteiger partial charge in [0, 0.05) is 67.6 Å². The Morgan fingerprint density at radius 3 is 2.35 bits per heavy atom. The molecule has 1 N–H and O–H groups in total. The molecule has 272 valence electrons. The van der Waals surface area contributed by atoms with E-state index in [-0.39, 0.29) is 45.0 Å². The summed E-state index contributed by atoms with van der Waals surface area (Å²) in [4.78, 5) is 49.0. The first-order chi connectivity index (χ1) is 24.1. The second kappa shape index (κ2) is 15.3. The van der Waals surface area contributed by atoms with Gasteiger partial charge >= 0.3 is 5.82 Å². The Hall–Kier alpha value is -4.66. The number of anilines is 1. The number of aromatic nitrogens is 4. The van der Waals surface area contributed by atoms with Gasteiger partial charge in [-0.1, -0.05) is 23.2 Å². The number of nitrogens with one attached hydrogen (secondary N) is 1. The molecule has 1 amide bonds. The number of nitro groups is 1. The van der Waals surface area contributed by atoms with Crippen LogP contribution in [0.15, 0.2) is 47.7 Å². The second-order valence-electron chi connectivity index (χ2n) is 13.6. The molecule has 14 nitrogen and oxygen atoms in total. The van der Waals surface area contributed by atoms with Crippen LogP contribution in [0.1, 0.15) is 38.4 Å². The number of ether oxygens (including phenoxy) is 2. The Morgan fingerprint density at radius 1 is 1.12 bits per heavy atom. The number of benzene rings is 1. The van der Waals surface area contributed by atoms with Crippen molar-refractivity contribution in [1.29, 1.82) is 0 Å². The second-order valence-corrected chi connectivity index (χ2v) is 14.3. The lowest BCUT2D eigenvalue weighted by atomic mass is 10.00. The van der Waals surface area contributed by atoms with Gasteiger partial charge in [0.1, 0.15) is 23.9 Å². The van der Waals surface area contributed by atoms with E-state index < -0.39 is 4.92 Å². The number of aryl methyl sites for hydroxylation is 1. The van der Waals surface area contributed by atoms with Gasteiger partial charge in [0.2, 0.25) is 12.2 Å². The number of carbonyl (C=O) groups excluding carboxylic acids is 1. The highest BCUT2D eigenvalue weighted by Gasteiger charge is 2.30. The summed E-state index contributed by atoms with van der Waals surface area (Å²) in [6.45, 7) is 5.72. The minimum atomic E-state index is -0.482. The quantitative estimate of drug-likeness (QED) is 0.0818. The summed E-state index contributed by atoms with van der Waals surface area (Å²) in [5, 5.41) is 15.8. The normalized spacial score (nSPS) is 14.1. The maximum atomic E-state index is 14.6. The number of fused-ring (bicyclic) bond motifs is 1. The van der Waals surface area contributed by atoms with E-state index in [1.807, 2.05) is 34.0 Å². The summed E-state index contributed by atoms with van der Waals surface area (Å²) in [6.07, 6.45) is 7.56. The highest BCUT2D eigenvalue weighted by molar-refractivity contribution is 6.41. The number of quaternary nitrogens is 1. The average Bonchev–Trinajstić information content (AvgIpc) is 3.44. The molecule has 1 saturated heterocycles. The lowest BCUT2D eigenvalue weighted by Crippen LogP contribution is -2.41. The van der Waals surface area contributed by atoms with Crippen LogP contribution < -0.4 is 20.3 Å². The van der Waals surface area contributed by atoms with Gasteiger partial charge < -0.3 is 43.4 Å². The van der Waals surface area contributed by atoms with Gasteiger partial charge in [0.25, 0.3) is 5.56 Å². The topological polar surface area (TPSA) is 147 Å². The molecule has 0 radical (unpaired) electrons. The van der Waals surface area contributed by atoms with Crippen LogP contribution in [0.5, 0.6) is 11.5 Å². The molecule has 51 heavy (non-hydrogen) atoms. The first kappa shape index (κ1) is 37.6. The van der Waals surface area contributed by atoms with E-state index >= 15 is 0 Å². The van der Waals surface area contributed by atoms with E-state index in [1.54, 1.807) is 51.6 Å². The molecule has 0 bridgehead atoms. The van der Waals surface area contributed by atoms with Crippen LogP contribution in [0.25, 0.3) is 22.0 Å². The molecule has 16 heteroatoms. The number of imidazole rings is 1. The summed E-state index contributed by atoms with van der Waals surface area (Å²) < 4.78 is 14.8. The van der Waals surface area contributed by atoms with Gasteiger partial charge in [-0.25, -0.2) is 4.98 Å². The van der Waals surface area contributed by atoms with Crippen LogP contribution in [0.2, 0.25) is 10.0 Å². The van der Waals surface area contributed by atoms with Crippen molar-refractivity contribution in [3.63, 3.8) is 0 Å². The van der Waals surface area contributed by atoms with Crippen LogP contribution in [-0.4, -0.2) is 93.3 Å². The fourth-order valence-corrected chi connectivity index (χ4v) is 7.11. The van der Waals surface area contributed by atoms with E-state index in [9.17, 15) is 19.7 Å². The minimum absolute atomic E-state index is 0.122. The molecule has 0 atom stereocenters. The number of hydrogen-bond acceptors (Lipinski definition) is 9. The number of nitrogens with zero attached hydrogens (tertiary/aromatic N) is 7. The monoisotopic (exact) mass is 741 g/mol. The fourth-order valence-electron chi connectivity index (χ4n) is 6.41. The number of halogens is 2. The van der Waals surface area contributed by atoms with E-state index in [2.05, 4.69) is 15.3 Å². The number of amides is 1. The number of carbonyl (C=O) groups is 1. The minimum Gasteiger partial charge on any atom is -0.495 e. The van der Waals surface area contributed by atoms with Gasteiger partial charge in [0.15, 0.2) is 5.69 Å². The molecule has 5 rings (SSSR count). The number of likely N-dealkylation sites (N-methyl/N-ethyl adjacent to an activating group) is 1. The molecule has 3 aromatic heterocycles. The summed E-state index contributed by atoms with van der Waals surface area (Å²) in [7, 11) is 8.56. The fraction of sp³-hybridized carbons (Fsp3) is 0.429. The van der Waals surface area contributed by atoms with Crippen LogP contribution in [0.4, 0.5) is 11.6 Å². The van der Waals surface area contributed by atoms with Crippen molar-refractivity contribution in [1.82, 2.24) is 24.0 Å². The predicted octanol–water partition coefficient (Wildman–Crippen LogP) is 5.85. The molecular weight excluding hydrogens is 699 g/mol. The number of pyridine rings is 2. The number of hydrogen-bond donors (Lipinski definition) is 1. The van der Waals surface area contributed by atoms with Gasteiger partial charge in [-0.3, -0.25) is 9.59 Å². The van der Waals surface area contributed by atoms with Crippen LogP contribution in [-0.2, 0) is 18.4 Å². The zero-order valence-corrected chi connectivity index (χ0v) is 31.3. The molecule has 0 spiro atoms. The Labute approximate surface area is 305 Å². The van der Waals surface area contributed by atoms with Gasteiger partial charge in [0.05, 0.1) is 56.0 Å². The van der Waals surface area contributed by atoms with Crippen LogP contribution in [0, 0.1) is 10.1 Å². The highest BCUT2D eigenvalue weighted by atomic mass is 35.5. The van der Waals surface area contributed by atoms with Crippen molar-refractivity contribution in [2.45, 2.75) is 45.3 Å². The number of rotatable bonds is 12. The summed E-state index contributed by atoms with van der Waals surface area (Å²) in [6, 6.07) is 5.07. The Balaban J connectivity index is 1.41. The smallest absolute Gasteiger partial charge is 0.390 e. The zero-order chi connectivity index (χ0) is 37.2. The van der Waals surface area contributed by atoms with Crippen molar-refractivity contribution in [3.8, 4) is 22.6 Å². The average molecular weight is 743 g/mol. The third-order valence-corrected chi connectivity index (χ3v) is 9.74. The first-order valence-electron chi connectivity index (χ1n) is 16.5. The third kappa shape index (κ3) is 7.97. The first-order valence-corrected chi connectivity index (χ1v) is 17.3. The van der Waals surface area contributed by atoms with Crippen LogP contribution in [0.3, 0.4) is 0 Å². The van der Waals surface area contributed by atoms with E-state index in [0.717, 1.165) is 0 Å². The molecule has 0 unspecified atom stereocenters. The van der Waals surface area contributed by atoms with Gasteiger partial charge in [-0.05, 0) is 48.7 Å². The summed E-state index contributed by atoms with van der Waals surface area (Å²) in [5.41, 5.74) is 1.50. The van der Waals surface area contributed by atoms with Crippen molar-refractivity contribution >= 4 is 51.6 Å². The standard InChI is InChI=1S/C35H42Cl2N8O6/c1-21(2)40-29-16-25-22(18-38-29)15-24(31-32(36)27(50-6)17-28(51-7)33(31)37)35(47)43(25)23-10-12-42(13-11-23)30(46)9-8-14-45(4,5)19-26-34(44(48)49)39-20-41(26)3/h8-9,15-18,20-21,23H,10-14,19H2,1-7H3/p+1/b9-8+. The maximum Gasteiger partial charge on any atom is 0.390 e. The highest BCUT2D eigenvalue weighted by Crippen LogP contribution is 2.45. The molecule has 0 saturated carbocycles. The molecule has 1 fully saturated rings.